The van der Waals surface area contributed by atoms with E-state index in [1.165, 1.54) is 12.3 Å². The summed E-state index contributed by atoms with van der Waals surface area (Å²) < 4.78 is 26.7. The Kier molecular flexibility index (Phi) is 8.59. The van der Waals surface area contributed by atoms with Crippen molar-refractivity contribution in [1.82, 2.24) is 30.1 Å². The van der Waals surface area contributed by atoms with Crippen LogP contribution in [0.15, 0.2) is 73.2 Å². The van der Waals surface area contributed by atoms with Gasteiger partial charge in [0.25, 0.3) is 0 Å². The largest absolute Gasteiger partial charge is 0.471 e. The van der Waals surface area contributed by atoms with Crippen molar-refractivity contribution >= 4 is 11.8 Å². The van der Waals surface area contributed by atoms with E-state index < -0.39 is 24.1 Å². The summed E-state index contributed by atoms with van der Waals surface area (Å²) in [5.41, 5.74) is 2.85. The van der Waals surface area contributed by atoms with E-state index >= 15 is 0 Å². The Morgan fingerprint density at radius 3 is 2.77 bits per heavy atom. The number of carbonyl (C=O) groups excluding carboxylic acids is 1. The Hall–Kier alpha value is -4.39. The zero-order valence-corrected chi connectivity index (χ0v) is 22.2. The van der Waals surface area contributed by atoms with E-state index in [2.05, 4.69) is 25.7 Å². The zero-order chi connectivity index (χ0) is 27.9. The lowest BCUT2D eigenvalue weighted by molar-refractivity contribution is -0.154. The maximum Gasteiger partial charge on any atom is 0.320 e. The minimum atomic E-state index is -0.624. The highest BCUT2D eigenvalue weighted by atomic mass is 19.1. The van der Waals surface area contributed by atoms with Gasteiger partial charge in [0.2, 0.25) is 11.8 Å². The molecule has 0 aliphatic carbocycles. The van der Waals surface area contributed by atoms with Gasteiger partial charge >= 0.3 is 6.03 Å². The van der Waals surface area contributed by atoms with Crippen LogP contribution in [0.4, 0.5) is 15.0 Å². The fourth-order valence-electron chi connectivity index (χ4n) is 4.40. The van der Waals surface area contributed by atoms with Crippen LogP contribution in [0.1, 0.15) is 22.8 Å². The van der Waals surface area contributed by atoms with Gasteiger partial charge in [-0.05, 0) is 42.8 Å². The topological polar surface area (TPSA) is 116 Å². The van der Waals surface area contributed by atoms with Crippen molar-refractivity contribution in [2.24, 2.45) is 0 Å². The van der Waals surface area contributed by atoms with Crippen LogP contribution >= 0.6 is 0 Å². The predicted octanol–water partition coefficient (Wildman–Crippen LogP) is 3.81. The Morgan fingerprint density at radius 2 is 2.02 bits per heavy atom. The number of aromatic nitrogens is 4. The normalized spacial score (nSPS) is 17.1. The number of rotatable bonds is 10. The van der Waals surface area contributed by atoms with Gasteiger partial charge in [0, 0.05) is 44.4 Å². The molecular formula is C28H30FN7O4. The molecule has 1 aromatic carbocycles. The van der Waals surface area contributed by atoms with Gasteiger partial charge in [0.1, 0.15) is 18.5 Å². The van der Waals surface area contributed by atoms with Gasteiger partial charge in [-0.2, -0.15) is 9.45 Å². The summed E-state index contributed by atoms with van der Waals surface area (Å²) in [6.45, 7) is 3.40. The first-order valence-electron chi connectivity index (χ1n) is 12.8. The average Bonchev–Trinajstić information content (AvgIpc) is 3.52. The number of amides is 2. The van der Waals surface area contributed by atoms with E-state index in [1.807, 2.05) is 49.4 Å². The van der Waals surface area contributed by atoms with Gasteiger partial charge in [-0.1, -0.05) is 24.3 Å². The molecule has 11 nitrogen and oxygen atoms in total. The van der Waals surface area contributed by atoms with Crippen LogP contribution in [0.3, 0.4) is 0 Å². The molecule has 12 heteroatoms. The number of hydroxylamine groups is 2. The standard InChI is InChI=1S/C28H30FN7O4/c1-19-26(36(22-8-4-3-5-9-22)34-27(19)39-18-20-7-6-11-30-16-20)33-28(37)32-23-17-35(13-14-38-2)40-25(23)21-10-12-31-24(29)15-21/h3-12,15-16,23,25H,13-14,17-18H2,1-2H3,(H2,32,33,37)/t23-,25+/m1/s1. The molecule has 2 atom stereocenters. The first-order valence-corrected chi connectivity index (χ1v) is 12.8. The van der Waals surface area contributed by atoms with Crippen LogP contribution < -0.4 is 15.4 Å². The monoisotopic (exact) mass is 547 g/mol. The molecule has 2 amide bonds. The number of carbonyl (C=O) groups is 1. The molecule has 4 heterocycles. The number of hydrogen-bond donors (Lipinski definition) is 2. The average molecular weight is 548 g/mol. The Labute approximate surface area is 230 Å². The number of nitrogens with zero attached hydrogens (tertiary/aromatic N) is 5. The molecule has 1 aliphatic heterocycles. The number of halogens is 1. The third-order valence-corrected chi connectivity index (χ3v) is 6.38. The molecule has 1 aliphatic rings. The smallest absolute Gasteiger partial charge is 0.320 e. The predicted molar refractivity (Wildman–Crippen MR) is 144 cm³/mol. The second-order valence-corrected chi connectivity index (χ2v) is 9.20. The first-order chi connectivity index (χ1) is 19.5. The fraction of sp³-hybridized carbons (Fsp3) is 0.286. The van der Waals surface area contributed by atoms with E-state index in [1.54, 1.807) is 35.3 Å². The van der Waals surface area contributed by atoms with Crippen molar-refractivity contribution in [2.75, 3.05) is 32.1 Å². The Balaban J connectivity index is 1.36. The third kappa shape index (κ3) is 6.42. The molecule has 0 spiro atoms. The van der Waals surface area contributed by atoms with Gasteiger partial charge in [-0.3, -0.25) is 15.1 Å². The van der Waals surface area contributed by atoms with Crippen molar-refractivity contribution in [3.05, 3.63) is 95.8 Å². The molecule has 1 fully saturated rings. The van der Waals surface area contributed by atoms with Crippen molar-refractivity contribution in [1.29, 1.82) is 0 Å². The van der Waals surface area contributed by atoms with E-state index in [9.17, 15) is 9.18 Å². The Bertz CT molecular complexity index is 1420. The molecule has 0 unspecified atom stereocenters. The summed E-state index contributed by atoms with van der Waals surface area (Å²) in [5, 5.41) is 12.3. The fourth-order valence-corrected chi connectivity index (χ4v) is 4.40. The number of pyridine rings is 2. The second-order valence-electron chi connectivity index (χ2n) is 9.20. The van der Waals surface area contributed by atoms with Crippen LogP contribution in [0.2, 0.25) is 0 Å². The zero-order valence-electron chi connectivity index (χ0n) is 22.2. The number of urea groups is 1. The highest BCUT2D eigenvalue weighted by Gasteiger charge is 2.37. The van der Waals surface area contributed by atoms with Gasteiger partial charge in [0.05, 0.1) is 23.9 Å². The molecule has 1 saturated heterocycles. The van der Waals surface area contributed by atoms with Crippen LogP contribution in [-0.4, -0.2) is 63.7 Å². The molecule has 0 bridgehead atoms. The molecule has 4 aromatic rings. The van der Waals surface area contributed by atoms with Crippen LogP contribution in [0.25, 0.3) is 5.69 Å². The molecule has 5 rings (SSSR count). The molecule has 3 aromatic heterocycles. The van der Waals surface area contributed by atoms with Gasteiger partial charge in [0.15, 0.2) is 0 Å². The minimum absolute atomic E-state index is 0.271. The summed E-state index contributed by atoms with van der Waals surface area (Å²) >= 11 is 0. The number of hydrogen-bond acceptors (Lipinski definition) is 8. The highest BCUT2D eigenvalue weighted by Crippen LogP contribution is 2.31. The van der Waals surface area contributed by atoms with Gasteiger partial charge in [-0.25, -0.2) is 14.5 Å². The maximum absolute atomic E-state index is 13.9. The van der Waals surface area contributed by atoms with E-state index in [0.29, 0.717) is 42.5 Å². The molecular weight excluding hydrogens is 517 g/mol. The number of para-hydroxylation sites is 1. The SMILES string of the molecule is COCCN1C[C@@H](NC(=O)Nc2c(C)c(OCc3cccnc3)nn2-c2ccccc2)[C@H](c2ccnc(F)c2)O1. The van der Waals surface area contributed by atoms with E-state index in [4.69, 9.17) is 14.3 Å². The van der Waals surface area contributed by atoms with Crippen molar-refractivity contribution in [2.45, 2.75) is 25.7 Å². The lowest BCUT2D eigenvalue weighted by Crippen LogP contribution is -2.42. The highest BCUT2D eigenvalue weighted by molar-refractivity contribution is 5.90. The molecule has 208 valence electrons. The van der Waals surface area contributed by atoms with E-state index in [-0.39, 0.29) is 6.61 Å². The summed E-state index contributed by atoms with van der Waals surface area (Å²) in [5.74, 6) is 0.204. The summed E-state index contributed by atoms with van der Waals surface area (Å²) in [4.78, 5) is 27.1. The van der Waals surface area contributed by atoms with Crippen molar-refractivity contribution < 1.29 is 23.5 Å². The third-order valence-electron chi connectivity index (χ3n) is 6.38. The maximum atomic E-state index is 13.9. The van der Waals surface area contributed by atoms with Crippen molar-refractivity contribution in [3.63, 3.8) is 0 Å². The van der Waals surface area contributed by atoms with Gasteiger partial charge in [-0.15, -0.1) is 5.10 Å². The quantitative estimate of drug-likeness (QED) is 0.288. The number of nitrogens with one attached hydrogen (secondary N) is 2. The summed E-state index contributed by atoms with van der Waals surface area (Å²) in [6, 6.07) is 15.2. The molecule has 40 heavy (non-hydrogen) atoms. The van der Waals surface area contributed by atoms with Crippen LogP contribution in [0, 0.1) is 12.9 Å². The molecule has 2 N–H and O–H groups in total. The summed E-state index contributed by atoms with van der Waals surface area (Å²) in [6.07, 6.45) is 4.18. The lowest BCUT2D eigenvalue weighted by Gasteiger charge is -2.19. The summed E-state index contributed by atoms with van der Waals surface area (Å²) in [7, 11) is 1.60. The number of ether oxygens (including phenoxy) is 2. The molecule has 0 radical (unpaired) electrons. The number of methoxy groups -OCH3 is 1. The lowest BCUT2D eigenvalue weighted by atomic mass is 10.0. The first kappa shape index (κ1) is 27.2. The van der Waals surface area contributed by atoms with Gasteiger partial charge < -0.3 is 14.8 Å². The Morgan fingerprint density at radius 1 is 1.18 bits per heavy atom. The minimum Gasteiger partial charge on any atom is -0.471 e. The van der Waals surface area contributed by atoms with Crippen molar-refractivity contribution in [3.8, 4) is 11.6 Å². The van der Waals surface area contributed by atoms with E-state index in [0.717, 1.165) is 11.3 Å². The number of anilines is 1. The molecule has 0 saturated carbocycles. The number of benzene rings is 1. The van der Waals surface area contributed by atoms with Crippen LogP contribution in [-0.2, 0) is 16.2 Å². The second kappa shape index (κ2) is 12.6. The van der Waals surface area contributed by atoms with Crippen LogP contribution in [0.5, 0.6) is 5.88 Å².